The summed E-state index contributed by atoms with van der Waals surface area (Å²) >= 11 is 3.56. The molecule has 1 rings (SSSR count). The van der Waals surface area contributed by atoms with E-state index in [9.17, 15) is 0 Å². The lowest BCUT2D eigenvalue weighted by Crippen LogP contribution is -2.40. The molecule has 0 bridgehead atoms. The summed E-state index contributed by atoms with van der Waals surface area (Å²) in [5, 5.41) is 0.223. The molecule has 0 atom stereocenters. The Balaban J connectivity index is 2.83. The Hall–Kier alpha value is -0.783. The third-order valence-electron chi connectivity index (χ3n) is 4.14. The molecular formula is C17H27BrO3Si. The molecule has 0 aliphatic rings. The summed E-state index contributed by atoms with van der Waals surface area (Å²) in [6.45, 7) is 11.9. The molecule has 0 radical (unpaired) electrons. The summed E-state index contributed by atoms with van der Waals surface area (Å²) in [4.78, 5) is 0. The Kier molecular flexibility index (Phi) is 6.71. The maximum atomic E-state index is 6.14. The van der Waals surface area contributed by atoms with Crippen LogP contribution in [-0.4, -0.2) is 29.1 Å². The van der Waals surface area contributed by atoms with Crippen LogP contribution in [-0.2, 0) is 4.43 Å². The fraction of sp³-hybridized carbons (Fsp3) is 0.529. The highest BCUT2D eigenvalue weighted by atomic mass is 79.9. The quantitative estimate of drug-likeness (QED) is 0.603. The summed E-state index contributed by atoms with van der Waals surface area (Å²) in [6, 6.07) is 3.82. The molecule has 0 N–H and O–H groups in total. The molecule has 0 heterocycles. The van der Waals surface area contributed by atoms with E-state index in [0.29, 0.717) is 6.61 Å². The van der Waals surface area contributed by atoms with Crippen molar-refractivity contribution in [3.8, 4) is 11.5 Å². The lowest BCUT2D eigenvalue weighted by molar-refractivity contribution is 0.328. The first kappa shape index (κ1) is 19.3. The van der Waals surface area contributed by atoms with E-state index in [0.717, 1.165) is 21.5 Å². The van der Waals surface area contributed by atoms with Crippen molar-refractivity contribution in [2.24, 2.45) is 0 Å². The van der Waals surface area contributed by atoms with Crippen LogP contribution in [0.1, 0.15) is 26.3 Å². The van der Waals surface area contributed by atoms with Gasteiger partial charge in [0.05, 0.1) is 25.3 Å². The first-order valence-electron chi connectivity index (χ1n) is 7.34. The molecule has 0 saturated heterocycles. The minimum Gasteiger partial charge on any atom is -0.497 e. The standard InChI is InChI=1S/C17H27BrO3Si/c1-17(2,3)22(6,7)21-10-8-9-13-11-14(19-4)12-15(20-5)16(13)18/h8-9,11-12H,10H2,1-7H3/b9-8+. The molecule has 0 aromatic heterocycles. The summed E-state index contributed by atoms with van der Waals surface area (Å²) in [5.41, 5.74) is 1.01. The van der Waals surface area contributed by atoms with Gasteiger partial charge in [0.1, 0.15) is 11.5 Å². The predicted octanol–water partition coefficient (Wildman–Crippen LogP) is 5.50. The van der Waals surface area contributed by atoms with Crippen LogP contribution in [0, 0.1) is 0 Å². The van der Waals surface area contributed by atoms with Crippen LogP contribution < -0.4 is 9.47 Å². The number of ether oxygens (including phenoxy) is 2. The summed E-state index contributed by atoms with van der Waals surface area (Å²) < 4.78 is 17.7. The van der Waals surface area contributed by atoms with Crippen LogP contribution in [0.4, 0.5) is 0 Å². The van der Waals surface area contributed by atoms with Gasteiger partial charge < -0.3 is 13.9 Å². The van der Waals surface area contributed by atoms with Crippen LogP contribution >= 0.6 is 15.9 Å². The van der Waals surface area contributed by atoms with E-state index in [1.54, 1.807) is 14.2 Å². The Morgan fingerprint density at radius 3 is 2.27 bits per heavy atom. The van der Waals surface area contributed by atoms with Gasteiger partial charge in [-0.25, -0.2) is 0 Å². The van der Waals surface area contributed by atoms with Crippen molar-refractivity contribution in [2.45, 2.75) is 38.9 Å². The van der Waals surface area contributed by atoms with Gasteiger partial charge >= 0.3 is 0 Å². The van der Waals surface area contributed by atoms with E-state index in [-0.39, 0.29) is 5.04 Å². The minimum atomic E-state index is -1.70. The fourth-order valence-electron chi connectivity index (χ4n) is 1.63. The van der Waals surface area contributed by atoms with Crippen LogP contribution in [0.3, 0.4) is 0 Å². The van der Waals surface area contributed by atoms with E-state index in [1.165, 1.54) is 0 Å². The predicted molar refractivity (Wildman–Crippen MR) is 99.4 cm³/mol. The monoisotopic (exact) mass is 386 g/mol. The number of halogens is 1. The third kappa shape index (κ3) is 4.86. The Morgan fingerprint density at radius 1 is 1.14 bits per heavy atom. The zero-order valence-corrected chi connectivity index (χ0v) is 17.2. The van der Waals surface area contributed by atoms with Crippen molar-refractivity contribution >= 4 is 30.3 Å². The number of hydrogen-bond donors (Lipinski definition) is 0. The highest BCUT2D eigenvalue weighted by molar-refractivity contribution is 9.10. The van der Waals surface area contributed by atoms with Gasteiger partial charge in [0.2, 0.25) is 0 Å². The maximum absolute atomic E-state index is 6.14. The molecule has 22 heavy (non-hydrogen) atoms. The zero-order chi connectivity index (χ0) is 17.0. The van der Waals surface area contributed by atoms with E-state index >= 15 is 0 Å². The molecule has 0 aliphatic carbocycles. The average molecular weight is 387 g/mol. The number of methoxy groups -OCH3 is 2. The zero-order valence-electron chi connectivity index (χ0n) is 14.6. The van der Waals surface area contributed by atoms with E-state index in [2.05, 4.69) is 49.8 Å². The van der Waals surface area contributed by atoms with Gasteiger partial charge in [0.25, 0.3) is 0 Å². The summed E-state index contributed by atoms with van der Waals surface area (Å²) in [5.74, 6) is 1.52. The SMILES string of the molecule is COc1cc(/C=C/CO[Si](C)(C)C(C)(C)C)c(Br)c(OC)c1. The van der Waals surface area contributed by atoms with Gasteiger partial charge in [0, 0.05) is 6.07 Å². The molecule has 0 spiro atoms. The average Bonchev–Trinajstić information content (AvgIpc) is 2.43. The number of rotatable bonds is 6. The minimum absolute atomic E-state index is 0.223. The Bertz CT molecular complexity index is 533. The van der Waals surface area contributed by atoms with Gasteiger partial charge in [-0.15, -0.1) is 0 Å². The van der Waals surface area contributed by atoms with Crippen LogP contribution in [0.5, 0.6) is 11.5 Å². The summed E-state index contributed by atoms with van der Waals surface area (Å²) in [6.07, 6.45) is 4.07. The Morgan fingerprint density at radius 2 is 1.77 bits per heavy atom. The van der Waals surface area contributed by atoms with Gasteiger partial charge in [-0.05, 0) is 45.7 Å². The van der Waals surface area contributed by atoms with Gasteiger partial charge in [-0.3, -0.25) is 0 Å². The number of hydrogen-bond acceptors (Lipinski definition) is 3. The molecule has 1 aromatic carbocycles. The van der Waals surface area contributed by atoms with Crippen LogP contribution in [0.2, 0.25) is 18.1 Å². The van der Waals surface area contributed by atoms with Crippen molar-refractivity contribution in [2.75, 3.05) is 20.8 Å². The molecule has 0 saturated carbocycles. The van der Waals surface area contributed by atoms with E-state index < -0.39 is 8.32 Å². The molecule has 5 heteroatoms. The number of benzene rings is 1. The molecule has 124 valence electrons. The van der Waals surface area contributed by atoms with Crippen molar-refractivity contribution in [1.82, 2.24) is 0 Å². The van der Waals surface area contributed by atoms with E-state index in [4.69, 9.17) is 13.9 Å². The molecular weight excluding hydrogens is 360 g/mol. The second-order valence-electron chi connectivity index (χ2n) is 6.71. The largest absolute Gasteiger partial charge is 0.497 e. The van der Waals surface area contributed by atoms with Crippen molar-refractivity contribution in [3.63, 3.8) is 0 Å². The Labute approximate surface area is 143 Å². The van der Waals surface area contributed by atoms with Crippen molar-refractivity contribution in [3.05, 3.63) is 28.2 Å². The first-order chi connectivity index (χ1) is 10.1. The van der Waals surface area contributed by atoms with Crippen molar-refractivity contribution in [1.29, 1.82) is 0 Å². The lowest BCUT2D eigenvalue weighted by atomic mass is 10.2. The lowest BCUT2D eigenvalue weighted by Gasteiger charge is -2.35. The van der Waals surface area contributed by atoms with Gasteiger partial charge in [-0.2, -0.15) is 0 Å². The van der Waals surface area contributed by atoms with Crippen LogP contribution in [0.25, 0.3) is 6.08 Å². The molecule has 3 nitrogen and oxygen atoms in total. The molecule has 0 unspecified atom stereocenters. The van der Waals surface area contributed by atoms with Crippen molar-refractivity contribution < 1.29 is 13.9 Å². The normalized spacial score (nSPS) is 12.7. The van der Waals surface area contributed by atoms with Gasteiger partial charge in [-0.1, -0.05) is 32.9 Å². The van der Waals surface area contributed by atoms with Gasteiger partial charge in [0.15, 0.2) is 8.32 Å². The maximum Gasteiger partial charge on any atom is 0.192 e. The smallest absolute Gasteiger partial charge is 0.192 e. The highest BCUT2D eigenvalue weighted by Crippen LogP contribution is 2.37. The molecule has 0 amide bonds. The van der Waals surface area contributed by atoms with Crippen LogP contribution in [0.15, 0.2) is 22.7 Å². The molecule has 0 fully saturated rings. The molecule has 0 aliphatic heterocycles. The second kappa shape index (κ2) is 7.66. The topological polar surface area (TPSA) is 27.7 Å². The highest BCUT2D eigenvalue weighted by Gasteiger charge is 2.36. The molecule has 1 aromatic rings. The second-order valence-corrected chi connectivity index (χ2v) is 12.3. The first-order valence-corrected chi connectivity index (χ1v) is 11.0. The van der Waals surface area contributed by atoms with E-state index in [1.807, 2.05) is 24.3 Å². The third-order valence-corrected chi connectivity index (χ3v) is 9.49. The fourth-order valence-corrected chi connectivity index (χ4v) is 3.10. The summed E-state index contributed by atoms with van der Waals surface area (Å²) in [7, 11) is 1.59.